The van der Waals surface area contributed by atoms with Crippen molar-refractivity contribution in [2.75, 3.05) is 25.4 Å². The highest BCUT2D eigenvalue weighted by molar-refractivity contribution is 8.00. The Kier molecular flexibility index (Phi) is 5.28. The van der Waals surface area contributed by atoms with E-state index in [0.29, 0.717) is 24.1 Å². The van der Waals surface area contributed by atoms with Crippen LogP contribution < -0.4 is 0 Å². The Labute approximate surface area is 108 Å². The number of ether oxygens (including phenoxy) is 1. The summed E-state index contributed by atoms with van der Waals surface area (Å²) in [6.07, 6.45) is -0.258. The fourth-order valence-electron chi connectivity index (χ4n) is 1.91. The second-order valence-corrected chi connectivity index (χ2v) is 6.88. The van der Waals surface area contributed by atoms with Gasteiger partial charge in [-0.1, -0.05) is 13.8 Å². The molecule has 1 aliphatic rings. The number of morpholine rings is 1. The van der Waals surface area contributed by atoms with Crippen LogP contribution in [0.4, 0.5) is 0 Å². The van der Waals surface area contributed by atoms with E-state index < -0.39 is 0 Å². The maximum Gasteiger partial charge on any atom is 0.232 e. The van der Waals surface area contributed by atoms with Crippen molar-refractivity contribution in [2.45, 2.75) is 44.6 Å². The highest BCUT2D eigenvalue weighted by Crippen LogP contribution is 2.22. The monoisotopic (exact) mass is 261 g/mol. The Morgan fingerprint density at radius 2 is 2.24 bits per heavy atom. The van der Waals surface area contributed by atoms with Gasteiger partial charge < -0.3 is 14.7 Å². The quantitative estimate of drug-likeness (QED) is 0.824. The molecular weight excluding hydrogens is 238 g/mol. The van der Waals surface area contributed by atoms with E-state index in [9.17, 15) is 9.90 Å². The van der Waals surface area contributed by atoms with Crippen LogP contribution in [-0.2, 0) is 9.53 Å². The molecule has 1 fully saturated rings. The summed E-state index contributed by atoms with van der Waals surface area (Å²) in [5, 5.41) is 9.63. The molecule has 0 spiro atoms. The average Bonchev–Trinajstić information content (AvgIpc) is 2.23. The molecule has 17 heavy (non-hydrogen) atoms. The molecule has 0 aromatic carbocycles. The number of hydrogen-bond donors (Lipinski definition) is 1. The third-order valence-electron chi connectivity index (χ3n) is 2.58. The lowest BCUT2D eigenvalue weighted by Gasteiger charge is -2.42. The molecule has 0 radical (unpaired) electrons. The summed E-state index contributed by atoms with van der Waals surface area (Å²) < 4.78 is 5.68. The topological polar surface area (TPSA) is 49.8 Å². The van der Waals surface area contributed by atoms with Gasteiger partial charge in [0, 0.05) is 13.1 Å². The molecule has 1 aliphatic heterocycles. The fourth-order valence-corrected chi connectivity index (χ4v) is 2.57. The SMILES string of the molecule is CC(C)SCC(=O)N1CC(CO)OC(C)(C)C1. The van der Waals surface area contributed by atoms with E-state index in [1.165, 1.54) is 0 Å². The largest absolute Gasteiger partial charge is 0.394 e. The van der Waals surface area contributed by atoms with E-state index in [1.807, 2.05) is 13.8 Å². The van der Waals surface area contributed by atoms with Crippen molar-refractivity contribution in [1.29, 1.82) is 0 Å². The summed E-state index contributed by atoms with van der Waals surface area (Å²) in [4.78, 5) is 13.8. The average molecular weight is 261 g/mol. The van der Waals surface area contributed by atoms with E-state index in [2.05, 4.69) is 13.8 Å². The van der Waals surface area contributed by atoms with Crippen LogP contribution in [0.5, 0.6) is 0 Å². The lowest BCUT2D eigenvalue weighted by molar-refractivity contribution is -0.165. The predicted molar refractivity (Wildman–Crippen MR) is 70.2 cm³/mol. The predicted octanol–water partition coefficient (Wildman–Crippen LogP) is 1.13. The van der Waals surface area contributed by atoms with Gasteiger partial charge in [0.05, 0.1) is 24.1 Å². The summed E-state index contributed by atoms with van der Waals surface area (Å²) in [6, 6.07) is 0. The van der Waals surface area contributed by atoms with E-state index in [4.69, 9.17) is 4.74 Å². The van der Waals surface area contributed by atoms with Gasteiger partial charge in [0.1, 0.15) is 0 Å². The second kappa shape index (κ2) is 6.07. The van der Waals surface area contributed by atoms with Crippen molar-refractivity contribution >= 4 is 17.7 Å². The molecule has 1 saturated heterocycles. The Balaban J connectivity index is 2.54. The number of carbonyl (C=O) groups is 1. The van der Waals surface area contributed by atoms with Crippen LogP contribution in [0.2, 0.25) is 0 Å². The van der Waals surface area contributed by atoms with Crippen LogP contribution in [0.3, 0.4) is 0 Å². The molecule has 0 aromatic heterocycles. The van der Waals surface area contributed by atoms with Crippen molar-refractivity contribution in [3.05, 3.63) is 0 Å². The molecule has 5 heteroatoms. The van der Waals surface area contributed by atoms with Crippen molar-refractivity contribution in [3.8, 4) is 0 Å². The molecule has 0 aromatic rings. The first kappa shape index (κ1) is 14.8. The Morgan fingerprint density at radius 3 is 2.76 bits per heavy atom. The van der Waals surface area contributed by atoms with Crippen LogP contribution in [-0.4, -0.2) is 58.3 Å². The van der Waals surface area contributed by atoms with Gasteiger partial charge in [0.25, 0.3) is 0 Å². The molecule has 0 aliphatic carbocycles. The third kappa shape index (κ3) is 4.85. The minimum atomic E-state index is -0.371. The minimum absolute atomic E-state index is 0.0372. The van der Waals surface area contributed by atoms with Crippen LogP contribution in [0.1, 0.15) is 27.7 Å². The van der Waals surface area contributed by atoms with Gasteiger partial charge in [0.15, 0.2) is 0 Å². The maximum atomic E-state index is 12.0. The van der Waals surface area contributed by atoms with Crippen molar-refractivity contribution in [3.63, 3.8) is 0 Å². The normalized spacial score (nSPS) is 24.1. The number of rotatable bonds is 4. The lowest BCUT2D eigenvalue weighted by atomic mass is 10.1. The summed E-state index contributed by atoms with van der Waals surface area (Å²) in [5.74, 6) is 0.643. The fraction of sp³-hybridized carbons (Fsp3) is 0.917. The molecule has 0 saturated carbocycles. The van der Waals surface area contributed by atoms with Crippen molar-refractivity contribution < 1.29 is 14.6 Å². The number of amides is 1. The van der Waals surface area contributed by atoms with Gasteiger partial charge in [-0.15, -0.1) is 11.8 Å². The molecule has 1 amide bonds. The second-order valence-electron chi connectivity index (χ2n) is 5.32. The first-order valence-electron chi connectivity index (χ1n) is 6.02. The molecular formula is C12H23NO3S. The van der Waals surface area contributed by atoms with E-state index in [-0.39, 0.29) is 24.2 Å². The van der Waals surface area contributed by atoms with Crippen LogP contribution in [0.25, 0.3) is 0 Å². The Hall–Kier alpha value is -0.260. The first-order valence-corrected chi connectivity index (χ1v) is 7.07. The zero-order chi connectivity index (χ0) is 13.1. The Bertz CT molecular complexity index is 268. The van der Waals surface area contributed by atoms with Crippen LogP contribution in [0, 0.1) is 0 Å². The van der Waals surface area contributed by atoms with Crippen LogP contribution >= 0.6 is 11.8 Å². The van der Waals surface area contributed by atoms with E-state index in [0.717, 1.165) is 0 Å². The minimum Gasteiger partial charge on any atom is -0.394 e. The molecule has 100 valence electrons. The van der Waals surface area contributed by atoms with E-state index >= 15 is 0 Å². The summed E-state index contributed by atoms with van der Waals surface area (Å²) in [6.45, 7) is 9.12. The maximum absolute atomic E-state index is 12.0. The molecule has 1 atom stereocenters. The summed E-state index contributed by atoms with van der Waals surface area (Å²) in [5.41, 5.74) is -0.371. The third-order valence-corrected chi connectivity index (χ3v) is 3.66. The highest BCUT2D eigenvalue weighted by Gasteiger charge is 2.35. The summed E-state index contributed by atoms with van der Waals surface area (Å²) >= 11 is 1.65. The molecule has 1 rings (SSSR count). The van der Waals surface area contributed by atoms with Crippen molar-refractivity contribution in [2.24, 2.45) is 0 Å². The molecule has 1 unspecified atom stereocenters. The van der Waals surface area contributed by atoms with Crippen LogP contribution in [0.15, 0.2) is 0 Å². The molecule has 0 bridgehead atoms. The lowest BCUT2D eigenvalue weighted by Crippen LogP contribution is -2.56. The number of thioether (sulfide) groups is 1. The number of carbonyl (C=O) groups excluding carboxylic acids is 1. The smallest absolute Gasteiger partial charge is 0.232 e. The molecule has 1 heterocycles. The number of aliphatic hydroxyl groups is 1. The van der Waals surface area contributed by atoms with Gasteiger partial charge in [0.2, 0.25) is 5.91 Å². The number of aliphatic hydroxyl groups excluding tert-OH is 1. The zero-order valence-corrected chi connectivity index (χ0v) is 11.9. The summed E-state index contributed by atoms with van der Waals surface area (Å²) in [7, 11) is 0. The Morgan fingerprint density at radius 1 is 1.59 bits per heavy atom. The highest BCUT2D eigenvalue weighted by atomic mass is 32.2. The number of nitrogens with zero attached hydrogens (tertiary/aromatic N) is 1. The first-order chi connectivity index (χ1) is 7.84. The standard InChI is InChI=1S/C12H23NO3S/c1-9(2)17-7-11(15)13-5-10(6-14)16-12(3,4)8-13/h9-10,14H,5-8H2,1-4H3. The van der Waals surface area contributed by atoms with Gasteiger partial charge >= 0.3 is 0 Å². The van der Waals surface area contributed by atoms with Crippen molar-refractivity contribution in [1.82, 2.24) is 4.90 Å². The molecule has 4 nitrogen and oxygen atoms in total. The molecule has 1 N–H and O–H groups in total. The van der Waals surface area contributed by atoms with Gasteiger partial charge in [-0.3, -0.25) is 4.79 Å². The zero-order valence-electron chi connectivity index (χ0n) is 11.1. The van der Waals surface area contributed by atoms with Gasteiger partial charge in [-0.25, -0.2) is 0 Å². The van der Waals surface area contributed by atoms with E-state index in [1.54, 1.807) is 16.7 Å². The number of hydrogen-bond acceptors (Lipinski definition) is 4. The van der Waals surface area contributed by atoms with Gasteiger partial charge in [-0.2, -0.15) is 0 Å². The van der Waals surface area contributed by atoms with Gasteiger partial charge in [-0.05, 0) is 19.1 Å².